The van der Waals surface area contributed by atoms with E-state index >= 15 is 0 Å². The minimum Gasteiger partial charge on any atom is -0.535 e. The Balaban J connectivity index is 1.53. The molecule has 2 heterocycles. The monoisotopic (exact) mass is 449 g/mol. The molecule has 0 radical (unpaired) electrons. The Bertz CT molecular complexity index is 888. The summed E-state index contributed by atoms with van der Waals surface area (Å²) in [6.07, 6.45) is 0.924. The second-order valence-corrected chi connectivity index (χ2v) is 8.45. The van der Waals surface area contributed by atoms with Gasteiger partial charge in [0.15, 0.2) is 0 Å². The SMILES string of the molecule is C[C@@](N)(CN1CC(Oc2ccc3c(c2C(=O)O)OB(O)CC3)C1)C(=O)NCCCC(=O)O. The van der Waals surface area contributed by atoms with Gasteiger partial charge in [0.05, 0.1) is 0 Å². The fourth-order valence-corrected chi connectivity index (χ4v) is 3.80. The van der Waals surface area contributed by atoms with Gasteiger partial charge in [-0.15, -0.1) is 0 Å². The molecule has 174 valence electrons. The summed E-state index contributed by atoms with van der Waals surface area (Å²) >= 11 is 0. The second kappa shape index (κ2) is 9.76. The van der Waals surface area contributed by atoms with Gasteiger partial charge in [-0.3, -0.25) is 14.5 Å². The van der Waals surface area contributed by atoms with Crippen LogP contribution in [0.1, 0.15) is 35.7 Å². The lowest BCUT2D eigenvalue weighted by atomic mass is 9.78. The maximum Gasteiger partial charge on any atom is 0.522 e. The van der Waals surface area contributed by atoms with E-state index in [1.807, 2.05) is 4.90 Å². The van der Waals surface area contributed by atoms with E-state index in [9.17, 15) is 24.5 Å². The molecule has 11 nitrogen and oxygen atoms in total. The summed E-state index contributed by atoms with van der Waals surface area (Å²) in [4.78, 5) is 36.6. The standard InChI is InChI=1S/C20H28BN3O8/c1-20(22,19(29)23-8-2-3-15(25)26)11-24-9-13(10-24)31-14-5-4-12-6-7-21(30)32-17(12)16(14)18(27)28/h4-5,13,30H,2-3,6-11,22H2,1H3,(H,23,29)(H,25,26)(H,27,28)/t20-/m1/s1. The third-order valence-electron chi connectivity index (χ3n) is 5.47. The Labute approximate surface area is 185 Å². The average Bonchev–Trinajstić information content (AvgIpc) is 2.68. The molecule has 1 atom stereocenters. The predicted molar refractivity (Wildman–Crippen MR) is 114 cm³/mol. The zero-order chi connectivity index (χ0) is 23.5. The van der Waals surface area contributed by atoms with Gasteiger partial charge < -0.3 is 35.7 Å². The van der Waals surface area contributed by atoms with Crippen LogP contribution in [0.5, 0.6) is 11.5 Å². The molecule has 1 fully saturated rings. The number of nitrogens with one attached hydrogen (secondary N) is 1. The summed E-state index contributed by atoms with van der Waals surface area (Å²) in [7, 11) is -1.05. The lowest BCUT2D eigenvalue weighted by Gasteiger charge is -2.42. The van der Waals surface area contributed by atoms with Crippen LogP contribution in [-0.4, -0.2) is 82.9 Å². The summed E-state index contributed by atoms with van der Waals surface area (Å²) in [5, 5.41) is 30.7. The number of aromatic carboxylic acids is 1. The molecule has 0 aliphatic carbocycles. The lowest BCUT2D eigenvalue weighted by molar-refractivity contribution is -0.137. The molecule has 1 saturated heterocycles. The van der Waals surface area contributed by atoms with Gasteiger partial charge in [-0.2, -0.15) is 0 Å². The van der Waals surface area contributed by atoms with Crippen LogP contribution >= 0.6 is 0 Å². The first-order valence-corrected chi connectivity index (χ1v) is 10.5. The molecule has 0 unspecified atom stereocenters. The summed E-state index contributed by atoms with van der Waals surface area (Å²) in [6, 6.07) is 3.34. The van der Waals surface area contributed by atoms with Crippen molar-refractivity contribution in [1.29, 1.82) is 0 Å². The molecule has 6 N–H and O–H groups in total. The van der Waals surface area contributed by atoms with E-state index < -0.39 is 24.6 Å². The van der Waals surface area contributed by atoms with Gasteiger partial charge in [0.1, 0.15) is 28.7 Å². The van der Waals surface area contributed by atoms with Crippen LogP contribution in [0.3, 0.4) is 0 Å². The van der Waals surface area contributed by atoms with E-state index in [0.29, 0.717) is 37.8 Å². The topological polar surface area (TPSA) is 172 Å². The number of hydrogen-bond donors (Lipinski definition) is 5. The molecule has 1 aromatic rings. The highest BCUT2D eigenvalue weighted by Gasteiger charge is 2.38. The summed E-state index contributed by atoms with van der Waals surface area (Å²) < 4.78 is 11.2. The largest absolute Gasteiger partial charge is 0.535 e. The number of aryl methyl sites for hydroxylation is 1. The number of aliphatic carboxylic acids is 1. The molecule has 0 saturated carbocycles. The van der Waals surface area contributed by atoms with Gasteiger partial charge in [-0.1, -0.05) is 6.07 Å². The number of rotatable bonds is 10. The molecule has 12 heteroatoms. The van der Waals surface area contributed by atoms with Crippen LogP contribution in [-0.2, 0) is 16.0 Å². The molecule has 2 aliphatic heterocycles. The number of carbonyl (C=O) groups is 3. The number of carbonyl (C=O) groups excluding carboxylic acids is 1. The number of nitrogens with two attached hydrogens (primary N) is 1. The zero-order valence-corrected chi connectivity index (χ0v) is 17.9. The first-order chi connectivity index (χ1) is 15.1. The lowest BCUT2D eigenvalue weighted by Crippen LogP contribution is -2.64. The molecular formula is C20H28BN3O8. The maximum atomic E-state index is 12.3. The predicted octanol–water partition coefficient (Wildman–Crippen LogP) is -0.438. The van der Waals surface area contributed by atoms with E-state index in [0.717, 1.165) is 0 Å². The van der Waals surface area contributed by atoms with E-state index in [-0.39, 0.29) is 48.6 Å². The Morgan fingerprint density at radius 3 is 2.72 bits per heavy atom. The number of ether oxygens (including phenoxy) is 1. The normalized spacial score (nSPS) is 18.0. The third-order valence-corrected chi connectivity index (χ3v) is 5.47. The van der Waals surface area contributed by atoms with Crippen molar-refractivity contribution >= 4 is 25.0 Å². The number of fused-ring (bicyclic) bond motifs is 1. The quantitative estimate of drug-likeness (QED) is 0.233. The van der Waals surface area contributed by atoms with Crippen molar-refractivity contribution in [1.82, 2.24) is 10.2 Å². The molecular weight excluding hydrogens is 421 g/mol. The number of likely N-dealkylation sites (tertiary alicyclic amines) is 1. The first-order valence-electron chi connectivity index (χ1n) is 10.5. The number of nitrogens with zero attached hydrogens (tertiary/aromatic N) is 1. The van der Waals surface area contributed by atoms with Crippen LogP contribution in [0.25, 0.3) is 0 Å². The maximum absolute atomic E-state index is 12.3. The van der Waals surface area contributed by atoms with Crippen LogP contribution in [0.4, 0.5) is 0 Å². The van der Waals surface area contributed by atoms with Gasteiger partial charge in [-0.05, 0) is 37.7 Å². The number of carboxylic acids is 2. The molecule has 0 bridgehead atoms. The molecule has 1 amide bonds. The molecule has 32 heavy (non-hydrogen) atoms. The van der Waals surface area contributed by atoms with Crippen LogP contribution in [0.2, 0.25) is 6.32 Å². The van der Waals surface area contributed by atoms with Gasteiger partial charge >= 0.3 is 19.1 Å². The summed E-state index contributed by atoms with van der Waals surface area (Å²) in [5.41, 5.74) is 5.57. The van der Waals surface area contributed by atoms with Crippen molar-refractivity contribution in [2.45, 2.75) is 44.1 Å². The van der Waals surface area contributed by atoms with E-state index in [2.05, 4.69) is 5.32 Å². The van der Waals surface area contributed by atoms with Gasteiger partial charge in [0, 0.05) is 32.6 Å². The second-order valence-electron chi connectivity index (χ2n) is 8.45. The minimum atomic E-state index is -1.20. The van der Waals surface area contributed by atoms with Crippen LogP contribution in [0.15, 0.2) is 12.1 Å². The molecule has 2 aliphatic rings. The highest BCUT2D eigenvalue weighted by molar-refractivity contribution is 6.44. The number of hydrogen-bond acceptors (Lipinski definition) is 8. The molecule has 3 rings (SSSR count). The zero-order valence-electron chi connectivity index (χ0n) is 17.9. The van der Waals surface area contributed by atoms with Gasteiger partial charge in [-0.25, -0.2) is 4.79 Å². The Morgan fingerprint density at radius 1 is 1.34 bits per heavy atom. The smallest absolute Gasteiger partial charge is 0.522 e. The highest BCUT2D eigenvalue weighted by Crippen LogP contribution is 2.37. The fraction of sp³-hybridized carbons (Fsp3) is 0.550. The van der Waals surface area contributed by atoms with Crippen molar-refractivity contribution in [3.8, 4) is 11.5 Å². The fourth-order valence-electron chi connectivity index (χ4n) is 3.80. The average molecular weight is 449 g/mol. The summed E-state index contributed by atoms with van der Waals surface area (Å²) in [5.74, 6) is -2.18. The number of amides is 1. The Hall–Kier alpha value is -2.83. The minimum absolute atomic E-state index is 0.0300. The van der Waals surface area contributed by atoms with Crippen molar-refractivity contribution in [2.24, 2.45) is 5.73 Å². The summed E-state index contributed by atoms with van der Waals surface area (Å²) in [6.45, 7) is 3.01. The first kappa shape index (κ1) is 23.8. The Kier molecular flexibility index (Phi) is 7.27. The Morgan fingerprint density at radius 2 is 2.06 bits per heavy atom. The van der Waals surface area contributed by atoms with Gasteiger partial charge in [0.25, 0.3) is 0 Å². The molecule has 0 aromatic heterocycles. The van der Waals surface area contributed by atoms with E-state index in [1.165, 1.54) is 0 Å². The van der Waals surface area contributed by atoms with E-state index in [1.54, 1.807) is 19.1 Å². The van der Waals surface area contributed by atoms with Crippen LogP contribution in [0, 0.1) is 0 Å². The molecule has 0 spiro atoms. The highest BCUT2D eigenvalue weighted by atomic mass is 16.5. The number of carboxylic acid groups (broad SMARTS) is 2. The van der Waals surface area contributed by atoms with E-state index in [4.69, 9.17) is 20.2 Å². The van der Waals surface area contributed by atoms with Crippen LogP contribution < -0.4 is 20.4 Å². The van der Waals surface area contributed by atoms with Crippen molar-refractivity contribution in [3.05, 3.63) is 23.3 Å². The van der Waals surface area contributed by atoms with Crippen molar-refractivity contribution < 1.29 is 39.0 Å². The number of benzene rings is 1. The molecule has 1 aromatic carbocycles. The van der Waals surface area contributed by atoms with Crippen molar-refractivity contribution in [2.75, 3.05) is 26.2 Å². The van der Waals surface area contributed by atoms with Crippen molar-refractivity contribution in [3.63, 3.8) is 0 Å². The third kappa shape index (κ3) is 5.70. The van der Waals surface area contributed by atoms with Gasteiger partial charge in [0.2, 0.25) is 5.91 Å².